The summed E-state index contributed by atoms with van der Waals surface area (Å²) in [7, 11) is 1.31. The topological polar surface area (TPSA) is 123 Å². The fraction of sp³-hybridized carbons (Fsp3) is 0.200. The normalized spacial score (nSPS) is 10.6. The number of nitrogens with zero attached hydrogens (tertiary/aromatic N) is 2. The molecule has 8 nitrogen and oxygen atoms in total. The molecule has 28 heavy (non-hydrogen) atoms. The lowest BCUT2D eigenvalue weighted by molar-refractivity contribution is -0.140. The monoisotopic (exact) mass is 379 g/mol. The van der Waals surface area contributed by atoms with Gasteiger partial charge in [-0.05, 0) is 19.1 Å². The number of esters is 1. The third kappa shape index (κ3) is 3.85. The molecular formula is C20H21N5O3. The molecule has 4 N–H and O–H groups in total. The molecule has 0 bridgehead atoms. The van der Waals surface area contributed by atoms with Gasteiger partial charge in [0.15, 0.2) is 0 Å². The second-order valence-electron chi connectivity index (χ2n) is 6.26. The first-order valence-corrected chi connectivity index (χ1v) is 8.69. The van der Waals surface area contributed by atoms with Crippen LogP contribution in [0.5, 0.6) is 0 Å². The number of carbonyl (C=O) groups excluding carboxylic acids is 2. The molecule has 0 unspecified atom stereocenters. The first kappa shape index (κ1) is 19.1. The van der Waals surface area contributed by atoms with Crippen LogP contribution in [0.25, 0.3) is 16.9 Å². The maximum absolute atomic E-state index is 12.3. The molecule has 0 saturated carbocycles. The van der Waals surface area contributed by atoms with Crippen LogP contribution in [0, 0.1) is 12.3 Å². The number of hydrogen-bond acceptors (Lipinski definition) is 5. The lowest BCUT2D eigenvalue weighted by Gasteiger charge is -2.06. The summed E-state index contributed by atoms with van der Waals surface area (Å²) in [6.45, 7) is 2.13. The highest BCUT2D eigenvalue weighted by molar-refractivity contribution is 5.95. The first-order valence-electron chi connectivity index (χ1n) is 8.69. The predicted octanol–water partition coefficient (Wildman–Crippen LogP) is 1.89. The van der Waals surface area contributed by atoms with Gasteiger partial charge in [0.1, 0.15) is 11.5 Å². The van der Waals surface area contributed by atoms with E-state index in [1.165, 1.54) is 7.11 Å². The fourth-order valence-electron chi connectivity index (χ4n) is 2.86. The Labute approximate surface area is 161 Å². The van der Waals surface area contributed by atoms with Crippen LogP contribution in [0.15, 0.2) is 42.6 Å². The average Bonchev–Trinajstić information content (AvgIpc) is 3.03. The largest absolute Gasteiger partial charge is 0.469 e. The highest BCUT2D eigenvalue weighted by Crippen LogP contribution is 2.24. The van der Waals surface area contributed by atoms with Crippen LogP contribution >= 0.6 is 0 Å². The number of methoxy groups -OCH3 is 1. The fourth-order valence-corrected chi connectivity index (χ4v) is 2.86. The number of nitrogens with one attached hydrogen (secondary N) is 2. The summed E-state index contributed by atoms with van der Waals surface area (Å²) in [5, 5.41) is 10.2. The van der Waals surface area contributed by atoms with E-state index in [0.717, 1.165) is 17.0 Å². The molecule has 2 aromatic heterocycles. The standard InChI is InChI=1S/C20H21N5O3/c1-12-18(13-3-5-14(6-4-13)19(21)22)24-16-8-7-15(11-25(12)16)20(27)23-10-9-17(26)28-2/h3-8,11H,9-10H2,1-2H3,(H3,21,22)(H,23,27). The number of aromatic nitrogens is 2. The number of rotatable bonds is 6. The van der Waals surface area contributed by atoms with Gasteiger partial charge in [-0.15, -0.1) is 0 Å². The number of pyridine rings is 1. The maximum Gasteiger partial charge on any atom is 0.307 e. The number of amides is 1. The van der Waals surface area contributed by atoms with E-state index in [1.807, 2.05) is 23.5 Å². The number of nitrogen functional groups attached to an aromatic ring is 1. The van der Waals surface area contributed by atoms with Gasteiger partial charge in [-0.3, -0.25) is 15.0 Å². The van der Waals surface area contributed by atoms with Crippen molar-refractivity contribution in [3.63, 3.8) is 0 Å². The molecule has 0 aliphatic rings. The van der Waals surface area contributed by atoms with Gasteiger partial charge in [0.05, 0.1) is 24.8 Å². The Bertz CT molecular complexity index is 1050. The minimum Gasteiger partial charge on any atom is -0.469 e. The minimum absolute atomic E-state index is 0.0149. The van der Waals surface area contributed by atoms with E-state index >= 15 is 0 Å². The van der Waals surface area contributed by atoms with Gasteiger partial charge in [-0.25, -0.2) is 4.98 Å². The van der Waals surface area contributed by atoms with E-state index in [1.54, 1.807) is 30.5 Å². The molecule has 3 aromatic rings. The van der Waals surface area contributed by atoms with Gasteiger partial charge in [0.2, 0.25) is 0 Å². The number of nitrogens with two attached hydrogens (primary N) is 1. The molecule has 144 valence electrons. The molecule has 0 radical (unpaired) electrons. The van der Waals surface area contributed by atoms with Crippen LogP contribution in [0.3, 0.4) is 0 Å². The Kier molecular flexibility index (Phi) is 5.39. The van der Waals surface area contributed by atoms with Crippen molar-refractivity contribution in [2.45, 2.75) is 13.3 Å². The Hall–Kier alpha value is -3.68. The number of amidine groups is 1. The molecule has 1 amide bonds. The van der Waals surface area contributed by atoms with Crippen LogP contribution in [-0.4, -0.2) is 40.8 Å². The molecular weight excluding hydrogens is 358 g/mol. The number of benzene rings is 1. The average molecular weight is 379 g/mol. The second-order valence-corrected chi connectivity index (χ2v) is 6.26. The molecule has 0 fully saturated rings. The number of ether oxygens (including phenoxy) is 1. The zero-order chi connectivity index (χ0) is 20.3. The summed E-state index contributed by atoms with van der Waals surface area (Å²) in [5.41, 5.74) is 9.91. The van der Waals surface area contributed by atoms with E-state index in [0.29, 0.717) is 16.8 Å². The van der Waals surface area contributed by atoms with Crippen LogP contribution in [0.1, 0.15) is 28.0 Å². The van der Waals surface area contributed by atoms with Crippen LogP contribution in [0.2, 0.25) is 0 Å². The molecule has 0 aliphatic carbocycles. The van der Waals surface area contributed by atoms with Crippen molar-refractivity contribution in [1.82, 2.24) is 14.7 Å². The summed E-state index contributed by atoms with van der Waals surface area (Å²) in [6.07, 6.45) is 1.84. The van der Waals surface area contributed by atoms with Crippen LogP contribution in [0.4, 0.5) is 0 Å². The molecule has 1 aromatic carbocycles. The summed E-state index contributed by atoms with van der Waals surface area (Å²) >= 11 is 0. The lowest BCUT2D eigenvalue weighted by Crippen LogP contribution is -2.26. The highest BCUT2D eigenvalue weighted by atomic mass is 16.5. The quantitative estimate of drug-likeness (QED) is 0.343. The zero-order valence-corrected chi connectivity index (χ0v) is 15.7. The Balaban J connectivity index is 1.85. The van der Waals surface area contributed by atoms with Crippen molar-refractivity contribution in [2.75, 3.05) is 13.7 Å². The summed E-state index contributed by atoms with van der Waals surface area (Å²) in [5.74, 6) is -0.631. The second kappa shape index (κ2) is 7.91. The van der Waals surface area contributed by atoms with Crippen molar-refractivity contribution < 1.29 is 14.3 Å². The SMILES string of the molecule is COC(=O)CCNC(=O)c1ccc2nc(-c3ccc(C(=N)N)cc3)c(C)n2c1. The Morgan fingerprint density at radius 2 is 1.86 bits per heavy atom. The molecule has 2 heterocycles. The van der Waals surface area contributed by atoms with Crippen molar-refractivity contribution in [3.05, 3.63) is 59.4 Å². The molecule has 0 saturated heterocycles. The van der Waals surface area contributed by atoms with Gasteiger partial charge in [0, 0.05) is 29.6 Å². The first-order chi connectivity index (χ1) is 13.4. The number of fused-ring (bicyclic) bond motifs is 1. The molecule has 8 heteroatoms. The van der Waals surface area contributed by atoms with E-state index in [4.69, 9.17) is 11.1 Å². The van der Waals surface area contributed by atoms with Crippen molar-refractivity contribution in [2.24, 2.45) is 5.73 Å². The lowest BCUT2D eigenvalue weighted by atomic mass is 10.1. The third-order valence-electron chi connectivity index (χ3n) is 4.43. The minimum atomic E-state index is -0.373. The van der Waals surface area contributed by atoms with E-state index in [2.05, 4.69) is 15.0 Å². The number of imidazole rings is 1. The zero-order valence-electron chi connectivity index (χ0n) is 15.7. The van der Waals surface area contributed by atoms with E-state index in [9.17, 15) is 9.59 Å². The van der Waals surface area contributed by atoms with Crippen LogP contribution in [-0.2, 0) is 9.53 Å². The smallest absolute Gasteiger partial charge is 0.307 e. The molecule has 3 rings (SSSR count). The Morgan fingerprint density at radius 3 is 2.50 bits per heavy atom. The van der Waals surface area contributed by atoms with Gasteiger partial charge in [-0.2, -0.15) is 0 Å². The third-order valence-corrected chi connectivity index (χ3v) is 4.43. The van der Waals surface area contributed by atoms with Gasteiger partial charge >= 0.3 is 5.97 Å². The van der Waals surface area contributed by atoms with Crippen molar-refractivity contribution in [3.8, 4) is 11.3 Å². The summed E-state index contributed by atoms with van der Waals surface area (Å²) in [4.78, 5) is 28.1. The van der Waals surface area contributed by atoms with Crippen molar-refractivity contribution in [1.29, 1.82) is 5.41 Å². The maximum atomic E-state index is 12.3. The van der Waals surface area contributed by atoms with Gasteiger partial charge in [0.25, 0.3) is 5.91 Å². The van der Waals surface area contributed by atoms with Gasteiger partial charge < -0.3 is 20.2 Å². The molecule has 0 atom stereocenters. The predicted molar refractivity (Wildman–Crippen MR) is 105 cm³/mol. The summed E-state index contributed by atoms with van der Waals surface area (Å²) in [6, 6.07) is 10.8. The molecule has 0 spiro atoms. The van der Waals surface area contributed by atoms with Crippen LogP contribution < -0.4 is 11.1 Å². The number of carbonyl (C=O) groups is 2. The summed E-state index contributed by atoms with van der Waals surface area (Å²) < 4.78 is 6.41. The van der Waals surface area contributed by atoms with Gasteiger partial charge in [-0.1, -0.05) is 24.3 Å². The Morgan fingerprint density at radius 1 is 1.18 bits per heavy atom. The molecule has 0 aliphatic heterocycles. The van der Waals surface area contributed by atoms with E-state index in [-0.39, 0.29) is 30.7 Å². The number of aryl methyl sites for hydroxylation is 1. The van der Waals surface area contributed by atoms with E-state index < -0.39 is 0 Å². The highest BCUT2D eigenvalue weighted by Gasteiger charge is 2.13. The van der Waals surface area contributed by atoms with Crippen molar-refractivity contribution >= 4 is 23.4 Å². The number of hydrogen-bond donors (Lipinski definition) is 3.